The number of nitrogen functional groups attached to an aromatic ring is 1. The van der Waals surface area contributed by atoms with Gasteiger partial charge in [-0.15, -0.1) is 0 Å². The largest absolute Gasteiger partial charge is 0.508 e. The van der Waals surface area contributed by atoms with Crippen molar-refractivity contribution in [2.45, 2.75) is 59.0 Å². The second-order valence-electron chi connectivity index (χ2n) is 11.5. The molecular weight excluding hydrogens is 572 g/mol. The number of fused-ring (bicyclic) bond motifs is 1. The number of imidazole rings is 1. The molecule has 1 saturated heterocycles. The highest BCUT2D eigenvalue weighted by molar-refractivity contribution is 5.82. The minimum Gasteiger partial charge on any atom is -0.508 e. The molecule has 1 aliphatic heterocycles. The Kier molecular flexibility index (Phi) is 12.3. The van der Waals surface area contributed by atoms with Gasteiger partial charge in [-0.2, -0.15) is 9.97 Å². The maximum absolute atomic E-state index is 12.6. The van der Waals surface area contributed by atoms with E-state index in [1.54, 1.807) is 16.7 Å². The second kappa shape index (κ2) is 16.6. The van der Waals surface area contributed by atoms with Gasteiger partial charge in [0.1, 0.15) is 11.3 Å². The number of aromatic amines is 1. The average molecular weight is 619 g/mol. The molecule has 0 saturated carbocycles. The van der Waals surface area contributed by atoms with E-state index in [0.717, 1.165) is 57.3 Å². The number of hydrogen-bond acceptors (Lipinski definition) is 9. The van der Waals surface area contributed by atoms with E-state index in [2.05, 4.69) is 56.4 Å². The number of piperidine rings is 1. The molecule has 2 aromatic carbocycles. The number of phenolic OH excluding ortho intramolecular Hbond substituents is 1. The molecule has 0 radical (unpaired) electrons. The van der Waals surface area contributed by atoms with E-state index in [1.165, 1.54) is 11.1 Å². The highest BCUT2D eigenvalue weighted by Gasteiger charge is 2.19. The van der Waals surface area contributed by atoms with Gasteiger partial charge in [-0.3, -0.25) is 14.3 Å². The maximum Gasteiger partial charge on any atom is 0.328 e. The topological polar surface area (TPSA) is 177 Å². The Hall–Kier alpha value is -4.42. The van der Waals surface area contributed by atoms with Crippen molar-refractivity contribution in [3.05, 3.63) is 75.7 Å². The zero-order chi connectivity index (χ0) is 32.2. The fraction of sp³-hybridized carbons (Fsp3) is 0.455. The molecule has 4 aromatic rings. The van der Waals surface area contributed by atoms with Gasteiger partial charge < -0.3 is 31.6 Å². The summed E-state index contributed by atoms with van der Waals surface area (Å²) in [5, 5.41) is 11.6. The highest BCUT2D eigenvalue weighted by Crippen LogP contribution is 2.22. The lowest BCUT2D eigenvalue weighted by atomic mass is 9.93. The molecule has 12 heteroatoms. The first-order chi connectivity index (χ1) is 21.7. The van der Waals surface area contributed by atoms with Crippen molar-refractivity contribution in [1.29, 1.82) is 0 Å². The van der Waals surface area contributed by atoms with Crippen LogP contribution in [0, 0.1) is 12.8 Å². The Morgan fingerprint density at radius 1 is 1.07 bits per heavy atom. The van der Waals surface area contributed by atoms with E-state index >= 15 is 0 Å². The lowest BCUT2D eigenvalue weighted by Gasteiger charge is -2.32. The normalized spacial score (nSPS) is 13.8. The first-order valence-electron chi connectivity index (χ1n) is 15.7. The first kappa shape index (κ1) is 33.5. The van der Waals surface area contributed by atoms with Gasteiger partial charge in [-0.25, -0.2) is 4.79 Å². The first-order valence-corrected chi connectivity index (χ1v) is 15.7. The molecule has 12 nitrogen and oxygen atoms in total. The number of rotatable bonds is 12. The molecule has 1 fully saturated rings. The minimum absolute atomic E-state index is 0.0494. The van der Waals surface area contributed by atoms with Gasteiger partial charge in [0.25, 0.3) is 0 Å². The van der Waals surface area contributed by atoms with Crippen molar-refractivity contribution in [1.82, 2.24) is 29.7 Å². The standard InChI is InChI=1S/C26H38N8O3.C7H8O/c1-2-3-14-37-25-31-23(28)22-24(32-25)34(26(36)30-22)17-20-6-4-19(5-7-20)16-33-12-9-18(10-13-33)8-11-29-21(35)15-27;1-6-2-4-7(8)5-3-6/h4-7,18H,2-3,8-17,27H2,1H3,(H,29,35)(H,30,36)(H2,28,31,32);2-5,8H,1H3. The number of ether oxygens (including phenoxy) is 1. The molecule has 45 heavy (non-hydrogen) atoms. The third-order valence-corrected chi connectivity index (χ3v) is 7.93. The van der Waals surface area contributed by atoms with E-state index in [-0.39, 0.29) is 30.0 Å². The van der Waals surface area contributed by atoms with Crippen molar-refractivity contribution in [2.75, 3.05) is 38.5 Å². The molecule has 0 spiro atoms. The number of carbonyl (C=O) groups is 1. The number of H-pyrrole nitrogens is 1. The SMILES string of the molecule is CCCCOc1nc(N)c2[nH]c(=O)n(Cc3ccc(CN4CCC(CCNC(=O)CN)CC4)cc3)c2n1.Cc1ccc(O)cc1. The molecule has 0 atom stereocenters. The predicted octanol–water partition coefficient (Wildman–Crippen LogP) is 3.31. The number of amides is 1. The fourth-order valence-corrected chi connectivity index (χ4v) is 5.21. The van der Waals surface area contributed by atoms with Gasteiger partial charge in [0.05, 0.1) is 19.7 Å². The number of nitrogens with zero attached hydrogens (tertiary/aromatic N) is 4. The number of aryl methyl sites for hydroxylation is 1. The summed E-state index contributed by atoms with van der Waals surface area (Å²) in [6.45, 7) is 8.68. The zero-order valence-corrected chi connectivity index (χ0v) is 26.3. The molecule has 3 heterocycles. The smallest absolute Gasteiger partial charge is 0.328 e. The Morgan fingerprint density at radius 3 is 2.36 bits per heavy atom. The van der Waals surface area contributed by atoms with Crippen LogP contribution in [0.4, 0.5) is 5.82 Å². The van der Waals surface area contributed by atoms with Gasteiger partial charge in [0, 0.05) is 13.1 Å². The van der Waals surface area contributed by atoms with Crippen molar-refractivity contribution >= 4 is 22.9 Å². The summed E-state index contributed by atoms with van der Waals surface area (Å²) in [6.07, 6.45) is 5.16. The number of nitrogens with two attached hydrogens (primary N) is 2. The molecule has 0 bridgehead atoms. The third-order valence-electron chi connectivity index (χ3n) is 7.93. The lowest BCUT2D eigenvalue weighted by molar-refractivity contribution is -0.119. The summed E-state index contributed by atoms with van der Waals surface area (Å²) in [6, 6.07) is 15.6. The van der Waals surface area contributed by atoms with Gasteiger partial charge in [-0.1, -0.05) is 55.3 Å². The Balaban J connectivity index is 0.000000501. The van der Waals surface area contributed by atoms with Gasteiger partial charge in [-0.05, 0) is 74.9 Å². The number of carbonyl (C=O) groups excluding carboxylic acids is 1. The number of nitrogens with one attached hydrogen (secondary N) is 2. The summed E-state index contributed by atoms with van der Waals surface area (Å²) >= 11 is 0. The summed E-state index contributed by atoms with van der Waals surface area (Å²) in [5.41, 5.74) is 15.4. The van der Waals surface area contributed by atoms with Crippen LogP contribution in [0.25, 0.3) is 11.2 Å². The molecule has 1 amide bonds. The molecule has 0 aliphatic carbocycles. The molecule has 242 valence electrons. The second-order valence-corrected chi connectivity index (χ2v) is 11.5. The van der Waals surface area contributed by atoms with Crippen LogP contribution in [-0.4, -0.2) is 68.2 Å². The maximum atomic E-state index is 12.6. The fourth-order valence-electron chi connectivity index (χ4n) is 5.21. The minimum atomic E-state index is -0.281. The third kappa shape index (κ3) is 10.0. The zero-order valence-electron chi connectivity index (χ0n) is 26.3. The van der Waals surface area contributed by atoms with E-state index in [4.69, 9.17) is 21.3 Å². The number of aromatic hydroxyl groups is 1. The predicted molar refractivity (Wildman–Crippen MR) is 176 cm³/mol. The van der Waals surface area contributed by atoms with Gasteiger partial charge in [0.2, 0.25) is 5.91 Å². The van der Waals surface area contributed by atoms with Crippen LogP contribution in [0.1, 0.15) is 55.7 Å². The Bertz CT molecular complexity index is 1540. The monoisotopic (exact) mass is 618 g/mol. The van der Waals surface area contributed by atoms with Crippen LogP contribution in [0.15, 0.2) is 53.3 Å². The molecule has 0 unspecified atom stereocenters. The quantitative estimate of drug-likeness (QED) is 0.149. The van der Waals surface area contributed by atoms with E-state index in [9.17, 15) is 9.59 Å². The van der Waals surface area contributed by atoms with Crippen LogP contribution in [-0.2, 0) is 17.9 Å². The molecule has 1 aliphatic rings. The van der Waals surface area contributed by atoms with Crippen LogP contribution in [0.3, 0.4) is 0 Å². The average Bonchev–Trinajstić information content (AvgIpc) is 3.35. The van der Waals surface area contributed by atoms with Crippen molar-refractivity contribution < 1.29 is 14.6 Å². The van der Waals surface area contributed by atoms with E-state index < -0.39 is 0 Å². The van der Waals surface area contributed by atoms with Crippen molar-refractivity contribution in [3.8, 4) is 11.8 Å². The molecule has 5 rings (SSSR count). The molecule has 2 aromatic heterocycles. The number of phenols is 1. The Morgan fingerprint density at radius 2 is 1.73 bits per heavy atom. The van der Waals surface area contributed by atoms with E-state index in [0.29, 0.717) is 42.5 Å². The van der Waals surface area contributed by atoms with Crippen LogP contribution in [0.2, 0.25) is 0 Å². The summed E-state index contributed by atoms with van der Waals surface area (Å²) in [4.78, 5) is 37.8. The van der Waals surface area contributed by atoms with Crippen LogP contribution in [0.5, 0.6) is 11.8 Å². The number of anilines is 1. The van der Waals surface area contributed by atoms with Gasteiger partial charge >= 0.3 is 11.7 Å². The van der Waals surface area contributed by atoms with Crippen molar-refractivity contribution in [2.24, 2.45) is 11.7 Å². The Labute approximate surface area is 263 Å². The van der Waals surface area contributed by atoms with Crippen LogP contribution >= 0.6 is 0 Å². The van der Waals surface area contributed by atoms with E-state index in [1.807, 2.05) is 19.1 Å². The number of benzene rings is 2. The lowest BCUT2D eigenvalue weighted by Crippen LogP contribution is -2.36. The van der Waals surface area contributed by atoms with Crippen molar-refractivity contribution in [3.63, 3.8) is 0 Å². The summed E-state index contributed by atoms with van der Waals surface area (Å²) < 4.78 is 7.19. The number of aromatic nitrogens is 4. The van der Waals surface area contributed by atoms with Gasteiger partial charge in [0.15, 0.2) is 11.5 Å². The number of unbranched alkanes of at least 4 members (excludes halogenated alkanes) is 1. The van der Waals surface area contributed by atoms with Crippen LogP contribution < -0.4 is 27.2 Å². The highest BCUT2D eigenvalue weighted by atomic mass is 16.5. The summed E-state index contributed by atoms with van der Waals surface area (Å²) in [5.74, 6) is 1.08. The summed E-state index contributed by atoms with van der Waals surface area (Å²) in [7, 11) is 0. The molecular formula is C33H46N8O4. The number of likely N-dealkylation sites (tertiary alicyclic amines) is 1. The molecule has 7 N–H and O–H groups in total. The number of hydrogen-bond donors (Lipinski definition) is 5.